The Balaban J connectivity index is 1.66. The lowest BCUT2D eigenvalue weighted by Crippen LogP contribution is -2.38. The van der Waals surface area contributed by atoms with Crippen LogP contribution in [0.3, 0.4) is 0 Å². The Morgan fingerprint density at radius 3 is 2.36 bits per heavy atom. The van der Waals surface area contributed by atoms with E-state index in [0.29, 0.717) is 12.2 Å². The molecule has 0 bridgehead atoms. The number of aromatic carboxylic acids is 1. The predicted molar refractivity (Wildman–Crippen MR) is 87.5 cm³/mol. The van der Waals surface area contributed by atoms with E-state index >= 15 is 0 Å². The summed E-state index contributed by atoms with van der Waals surface area (Å²) in [5, 5.41) is 11.9. The maximum absolute atomic E-state index is 13.0. The second kappa shape index (κ2) is 6.82. The fraction of sp³-hybridized carbons (Fsp3) is 0.167. The van der Waals surface area contributed by atoms with Gasteiger partial charge < -0.3 is 10.4 Å². The molecule has 0 spiro atoms. The maximum Gasteiger partial charge on any atom is 0.335 e. The van der Waals surface area contributed by atoms with E-state index in [2.05, 4.69) is 5.32 Å². The molecule has 25 heavy (non-hydrogen) atoms. The fourth-order valence-electron chi connectivity index (χ4n) is 2.66. The Bertz CT molecular complexity index is 818. The molecule has 1 fully saturated rings. The van der Waals surface area contributed by atoms with Gasteiger partial charge in [-0.1, -0.05) is 12.1 Å². The van der Waals surface area contributed by atoms with E-state index < -0.39 is 23.7 Å². The number of amides is 2. The van der Waals surface area contributed by atoms with E-state index in [1.807, 2.05) is 0 Å². The lowest BCUT2D eigenvalue weighted by molar-refractivity contribution is -0.121. The van der Waals surface area contributed by atoms with Gasteiger partial charge in [0, 0.05) is 6.54 Å². The second-order valence-corrected chi connectivity index (χ2v) is 5.68. The van der Waals surface area contributed by atoms with Crippen LogP contribution in [0.15, 0.2) is 48.5 Å². The van der Waals surface area contributed by atoms with E-state index in [9.17, 15) is 18.8 Å². The molecule has 0 saturated carbocycles. The van der Waals surface area contributed by atoms with Crippen molar-refractivity contribution in [3.8, 4) is 0 Å². The minimum Gasteiger partial charge on any atom is -0.478 e. The molecule has 0 aromatic heterocycles. The lowest BCUT2D eigenvalue weighted by atomic mass is 10.1. The van der Waals surface area contributed by atoms with Gasteiger partial charge >= 0.3 is 5.97 Å². The highest BCUT2D eigenvalue weighted by Gasteiger charge is 2.39. The summed E-state index contributed by atoms with van der Waals surface area (Å²) >= 11 is 0. The first-order valence-electron chi connectivity index (χ1n) is 7.63. The molecule has 6 nitrogen and oxygen atoms in total. The third-order valence-electron chi connectivity index (χ3n) is 3.98. The maximum atomic E-state index is 13.0. The van der Waals surface area contributed by atoms with Crippen LogP contribution in [-0.2, 0) is 16.1 Å². The number of nitrogens with one attached hydrogen (secondary N) is 1. The van der Waals surface area contributed by atoms with Gasteiger partial charge in [-0.25, -0.2) is 14.1 Å². The van der Waals surface area contributed by atoms with Crippen molar-refractivity contribution in [2.24, 2.45) is 0 Å². The van der Waals surface area contributed by atoms with Gasteiger partial charge in [-0.05, 0) is 42.0 Å². The first-order chi connectivity index (χ1) is 12.0. The summed E-state index contributed by atoms with van der Waals surface area (Å²) in [4.78, 5) is 36.4. The molecule has 1 aliphatic heterocycles. The SMILES string of the molecule is O=C(O)c1ccc(CN[C@H]2CC(=O)N(c3ccc(F)cc3)C2=O)cc1. The average Bonchev–Trinajstić information content (AvgIpc) is 2.88. The molecule has 1 aliphatic rings. The smallest absolute Gasteiger partial charge is 0.335 e. The number of benzene rings is 2. The van der Waals surface area contributed by atoms with Gasteiger partial charge in [0.2, 0.25) is 5.91 Å². The Hall–Kier alpha value is -3.06. The Labute approximate surface area is 142 Å². The first kappa shape index (κ1) is 16.8. The third kappa shape index (κ3) is 3.56. The lowest BCUT2D eigenvalue weighted by Gasteiger charge is -2.15. The van der Waals surface area contributed by atoms with Crippen molar-refractivity contribution in [2.75, 3.05) is 4.90 Å². The van der Waals surface area contributed by atoms with E-state index in [-0.39, 0.29) is 17.9 Å². The standard InChI is InChI=1S/C18H15FN2O4/c19-13-5-7-14(8-6-13)21-16(22)9-15(17(21)23)20-10-11-1-3-12(4-2-11)18(24)25/h1-8,15,20H,9-10H2,(H,24,25)/t15-/m0/s1. The number of carboxylic acid groups (broad SMARTS) is 1. The quantitative estimate of drug-likeness (QED) is 0.811. The number of carboxylic acids is 1. The summed E-state index contributed by atoms with van der Waals surface area (Å²) in [5.41, 5.74) is 1.32. The van der Waals surface area contributed by atoms with Gasteiger partial charge in [-0.15, -0.1) is 0 Å². The molecule has 0 unspecified atom stereocenters. The van der Waals surface area contributed by atoms with E-state index in [4.69, 9.17) is 5.11 Å². The highest BCUT2D eigenvalue weighted by molar-refractivity contribution is 6.22. The topological polar surface area (TPSA) is 86.7 Å². The second-order valence-electron chi connectivity index (χ2n) is 5.68. The molecule has 128 valence electrons. The molecule has 1 atom stereocenters. The van der Waals surface area contributed by atoms with Crippen LogP contribution in [0.2, 0.25) is 0 Å². The Morgan fingerprint density at radius 1 is 1.12 bits per heavy atom. The summed E-state index contributed by atoms with van der Waals surface area (Å²) < 4.78 is 13.0. The van der Waals surface area contributed by atoms with Crippen LogP contribution < -0.4 is 10.2 Å². The van der Waals surface area contributed by atoms with Crippen molar-refractivity contribution in [3.05, 3.63) is 65.5 Å². The van der Waals surface area contributed by atoms with Crippen LogP contribution in [0.1, 0.15) is 22.3 Å². The Kier molecular flexibility index (Phi) is 4.58. The number of rotatable bonds is 5. The number of halogens is 1. The van der Waals surface area contributed by atoms with Gasteiger partial charge in [0.1, 0.15) is 5.82 Å². The molecule has 1 saturated heterocycles. The largest absolute Gasteiger partial charge is 0.478 e. The summed E-state index contributed by atoms with van der Waals surface area (Å²) in [6.07, 6.45) is 0.0173. The predicted octanol–water partition coefficient (Wildman–Crippen LogP) is 1.95. The minimum atomic E-state index is -1.01. The summed E-state index contributed by atoms with van der Waals surface area (Å²) in [7, 11) is 0. The molecule has 2 N–H and O–H groups in total. The highest BCUT2D eigenvalue weighted by atomic mass is 19.1. The summed E-state index contributed by atoms with van der Waals surface area (Å²) in [6, 6.07) is 10.7. The molecule has 2 aromatic rings. The molecule has 2 amide bonds. The fourth-order valence-corrected chi connectivity index (χ4v) is 2.66. The van der Waals surface area contributed by atoms with Crippen molar-refractivity contribution in [1.82, 2.24) is 5.32 Å². The summed E-state index contributed by atoms with van der Waals surface area (Å²) in [5.74, 6) is -2.19. The molecular weight excluding hydrogens is 327 g/mol. The molecule has 3 rings (SSSR count). The summed E-state index contributed by atoms with van der Waals surface area (Å²) in [6.45, 7) is 0.320. The molecule has 1 heterocycles. The number of nitrogens with zero attached hydrogens (tertiary/aromatic N) is 1. The number of hydrogen-bond donors (Lipinski definition) is 2. The van der Waals surface area contributed by atoms with Crippen LogP contribution in [0.4, 0.5) is 10.1 Å². The van der Waals surface area contributed by atoms with E-state index in [1.54, 1.807) is 12.1 Å². The van der Waals surface area contributed by atoms with Crippen LogP contribution in [0.5, 0.6) is 0 Å². The van der Waals surface area contributed by atoms with Crippen LogP contribution >= 0.6 is 0 Å². The monoisotopic (exact) mass is 342 g/mol. The zero-order valence-electron chi connectivity index (χ0n) is 13.1. The van der Waals surface area contributed by atoms with E-state index in [1.165, 1.54) is 36.4 Å². The first-order valence-corrected chi connectivity index (χ1v) is 7.63. The number of hydrogen-bond acceptors (Lipinski definition) is 4. The molecule has 0 radical (unpaired) electrons. The zero-order chi connectivity index (χ0) is 18.0. The Morgan fingerprint density at radius 2 is 1.76 bits per heavy atom. The van der Waals surface area contributed by atoms with Crippen molar-refractivity contribution in [2.45, 2.75) is 19.0 Å². The number of imide groups is 1. The minimum absolute atomic E-state index is 0.0173. The van der Waals surface area contributed by atoms with Crippen molar-refractivity contribution < 1.29 is 23.9 Å². The van der Waals surface area contributed by atoms with Crippen LogP contribution in [-0.4, -0.2) is 28.9 Å². The highest BCUT2D eigenvalue weighted by Crippen LogP contribution is 2.23. The van der Waals surface area contributed by atoms with Crippen molar-refractivity contribution in [3.63, 3.8) is 0 Å². The molecule has 7 heteroatoms. The third-order valence-corrected chi connectivity index (χ3v) is 3.98. The van der Waals surface area contributed by atoms with Gasteiger partial charge in [-0.3, -0.25) is 9.59 Å². The normalized spacial score (nSPS) is 17.2. The van der Waals surface area contributed by atoms with E-state index in [0.717, 1.165) is 10.5 Å². The molecule has 2 aromatic carbocycles. The average molecular weight is 342 g/mol. The van der Waals surface area contributed by atoms with Gasteiger partial charge in [-0.2, -0.15) is 0 Å². The molecular formula is C18H15FN2O4. The number of carbonyl (C=O) groups is 3. The zero-order valence-corrected chi connectivity index (χ0v) is 13.1. The number of anilines is 1. The van der Waals surface area contributed by atoms with Gasteiger partial charge in [0.15, 0.2) is 0 Å². The van der Waals surface area contributed by atoms with Crippen LogP contribution in [0, 0.1) is 5.82 Å². The molecule has 0 aliphatic carbocycles. The number of carbonyl (C=O) groups excluding carboxylic acids is 2. The van der Waals surface area contributed by atoms with Crippen LogP contribution in [0.25, 0.3) is 0 Å². The van der Waals surface area contributed by atoms with Gasteiger partial charge in [0.25, 0.3) is 5.91 Å². The van der Waals surface area contributed by atoms with Gasteiger partial charge in [0.05, 0.1) is 23.7 Å². The van der Waals surface area contributed by atoms with Crippen molar-refractivity contribution in [1.29, 1.82) is 0 Å². The van der Waals surface area contributed by atoms with Crippen molar-refractivity contribution >= 4 is 23.5 Å².